The lowest BCUT2D eigenvalue weighted by Gasteiger charge is -2.07. The number of azo groups is 1. The molecule has 92 valence electrons. The molecule has 0 atom stereocenters. The molecule has 1 aromatic rings. The van der Waals surface area contributed by atoms with Gasteiger partial charge in [-0.05, 0) is 30.7 Å². The number of halogens is 3. The normalized spacial score (nSPS) is 12.8. The van der Waals surface area contributed by atoms with Crippen LogP contribution in [0.5, 0.6) is 0 Å². The standard InChI is InChI=1S/C11H12F3N3/c1-8-7-9(11(12,13)14)3-4-10(8)17-16-6-5-15-2/h3-5,7H,6H2,1-2H3. The molecule has 6 heteroatoms. The number of hydrogen-bond acceptors (Lipinski definition) is 3. The van der Waals surface area contributed by atoms with Crippen molar-refractivity contribution in [1.29, 1.82) is 0 Å². The molecule has 0 spiro atoms. The van der Waals surface area contributed by atoms with Gasteiger partial charge in [0.1, 0.15) is 0 Å². The summed E-state index contributed by atoms with van der Waals surface area (Å²) in [4.78, 5) is 3.71. The van der Waals surface area contributed by atoms with E-state index in [1.807, 2.05) is 0 Å². The summed E-state index contributed by atoms with van der Waals surface area (Å²) in [5, 5.41) is 7.61. The Balaban J connectivity index is 2.87. The number of alkyl halides is 3. The molecule has 0 N–H and O–H groups in total. The van der Waals surface area contributed by atoms with Crippen LogP contribution in [0.3, 0.4) is 0 Å². The lowest BCUT2D eigenvalue weighted by atomic mass is 10.1. The van der Waals surface area contributed by atoms with Crippen LogP contribution < -0.4 is 0 Å². The van der Waals surface area contributed by atoms with Crippen LogP contribution in [0, 0.1) is 6.92 Å². The number of hydrogen-bond donors (Lipinski definition) is 0. The molecule has 0 saturated carbocycles. The van der Waals surface area contributed by atoms with E-state index in [2.05, 4.69) is 15.2 Å². The maximum Gasteiger partial charge on any atom is 0.416 e. The molecule has 0 aromatic heterocycles. The predicted molar refractivity (Wildman–Crippen MR) is 60.0 cm³/mol. The number of aryl methyl sites for hydroxylation is 1. The van der Waals surface area contributed by atoms with Gasteiger partial charge in [0.15, 0.2) is 0 Å². The summed E-state index contributed by atoms with van der Waals surface area (Å²) < 4.78 is 37.1. The molecule has 0 aliphatic heterocycles. The number of nitrogens with zero attached hydrogens (tertiary/aromatic N) is 3. The van der Waals surface area contributed by atoms with E-state index in [4.69, 9.17) is 0 Å². The van der Waals surface area contributed by atoms with Crippen molar-refractivity contribution in [2.24, 2.45) is 15.2 Å². The van der Waals surface area contributed by atoms with Crippen LogP contribution in [0.1, 0.15) is 11.1 Å². The van der Waals surface area contributed by atoms with Crippen LogP contribution >= 0.6 is 0 Å². The molecule has 0 heterocycles. The molecule has 0 aliphatic carbocycles. The van der Waals surface area contributed by atoms with E-state index in [0.29, 0.717) is 17.8 Å². The monoisotopic (exact) mass is 243 g/mol. The quantitative estimate of drug-likeness (QED) is 0.572. The Bertz CT molecular complexity index is 436. The molecule has 0 saturated heterocycles. The topological polar surface area (TPSA) is 37.1 Å². The van der Waals surface area contributed by atoms with Gasteiger partial charge in [-0.2, -0.15) is 23.4 Å². The van der Waals surface area contributed by atoms with Gasteiger partial charge in [-0.15, -0.1) is 0 Å². The highest BCUT2D eigenvalue weighted by Crippen LogP contribution is 2.32. The Kier molecular flexibility index (Phi) is 4.37. The van der Waals surface area contributed by atoms with Gasteiger partial charge in [-0.3, -0.25) is 4.99 Å². The van der Waals surface area contributed by atoms with Crippen molar-refractivity contribution < 1.29 is 13.2 Å². The summed E-state index contributed by atoms with van der Waals surface area (Å²) in [6.07, 6.45) is -2.77. The van der Waals surface area contributed by atoms with Gasteiger partial charge in [-0.1, -0.05) is 0 Å². The Morgan fingerprint density at radius 3 is 2.53 bits per heavy atom. The summed E-state index contributed by atoms with van der Waals surface area (Å²) in [6.45, 7) is 1.88. The second-order valence-electron chi connectivity index (χ2n) is 3.36. The van der Waals surface area contributed by atoms with Gasteiger partial charge in [0.05, 0.1) is 17.8 Å². The Labute approximate surface area is 97.1 Å². The second kappa shape index (κ2) is 5.56. The van der Waals surface area contributed by atoms with Crippen molar-refractivity contribution in [2.75, 3.05) is 13.6 Å². The van der Waals surface area contributed by atoms with Crippen molar-refractivity contribution >= 4 is 11.9 Å². The van der Waals surface area contributed by atoms with Crippen LogP contribution in [-0.4, -0.2) is 19.8 Å². The predicted octanol–water partition coefficient (Wildman–Crippen LogP) is 3.80. The van der Waals surface area contributed by atoms with Crippen LogP contribution in [-0.2, 0) is 6.18 Å². The van der Waals surface area contributed by atoms with E-state index in [0.717, 1.165) is 12.1 Å². The van der Waals surface area contributed by atoms with Gasteiger partial charge in [0.25, 0.3) is 0 Å². The fraction of sp³-hybridized carbons (Fsp3) is 0.364. The summed E-state index contributed by atoms with van der Waals surface area (Å²) in [5.41, 5.74) is 0.198. The average Bonchev–Trinajstić information content (AvgIpc) is 2.24. The minimum Gasteiger partial charge on any atom is -0.299 e. The molecular weight excluding hydrogens is 231 g/mol. The van der Waals surface area contributed by atoms with Gasteiger partial charge >= 0.3 is 6.18 Å². The first-order chi connectivity index (χ1) is 7.95. The van der Waals surface area contributed by atoms with Gasteiger partial charge in [-0.25, -0.2) is 0 Å². The van der Waals surface area contributed by atoms with Crippen molar-refractivity contribution in [1.82, 2.24) is 0 Å². The van der Waals surface area contributed by atoms with Crippen LogP contribution in [0.2, 0.25) is 0 Å². The molecule has 0 aliphatic rings. The minimum atomic E-state index is -4.32. The first-order valence-corrected chi connectivity index (χ1v) is 4.91. The number of aliphatic imine (C=N–C) groups is 1. The fourth-order valence-corrected chi connectivity index (χ4v) is 1.18. The highest BCUT2D eigenvalue weighted by atomic mass is 19.4. The smallest absolute Gasteiger partial charge is 0.299 e. The zero-order valence-electron chi connectivity index (χ0n) is 9.49. The number of rotatable bonds is 3. The summed E-state index contributed by atoms with van der Waals surface area (Å²) in [7, 11) is 1.61. The third-order valence-corrected chi connectivity index (χ3v) is 2.05. The molecule has 0 fully saturated rings. The molecule has 1 rings (SSSR count). The second-order valence-corrected chi connectivity index (χ2v) is 3.36. The third kappa shape index (κ3) is 3.97. The summed E-state index contributed by atoms with van der Waals surface area (Å²) >= 11 is 0. The van der Waals surface area contributed by atoms with Crippen molar-refractivity contribution in [2.45, 2.75) is 13.1 Å². The lowest BCUT2D eigenvalue weighted by molar-refractivity contribution is -0.137. The lowest BCUT2D eigenvalue weighted by Crippen LogP contribution is -2.04. The molecule has 17 heavy (non-hydrogen) atoms. The van der Waals surface area contributed by atoms with Crippen molar-refractivity contribution in [3.63, 3.8) is 0 Å². The summed E-state index contributed by atoms with van der Waals surface area (Å²) in [6, 6.07) is 3.36. The van der Waals surface area contributed by atoms with E-state index in [1.165, 1.54) is 6.07 Å². The SMILES string of the molecule is CN=CCN=Nc1ccc(C(F)(F)F)cc1C. The van der Waals surface area contributed by atoms with Gasteiger partial charge in [0, 0.05) is 13.3 Å². The maximum absolute atomic E-state index is 12.4. The highest BCUT2D eigenvalue weighted by molar-refractivity contribution is 5.59. The molecule has 3 nitrogen and oxygen atoms in total. The van der Waals surface area contributed by atoms with E-state index in [-0.39, 0.29) is 0 Å². The first kappa shape index (κ1) is 13.3. The molecule has 0 bridgehead atoms. The molecule has 0 unspecified atom stereocenters. The fourth-order valence-electron chi connectivity index (χ4n) is 1.18. The van der Waals surface area contributed by atoms with E-state index < -0.39 is 11.7 Å². The molecule has 0 amide bonds. The Morgan fingerprint density at radius 1 is 1.29 bits per heavy atom. The van der Waals surface area contributed by atoms with Crippen molar-refractivity contribution in [3.8, 4) is 0 Å². The zero-order chi connectivity index (χ0) is 12.9. The van der Waals surface area contributed by atoms with E-state index >= 15 is 0 Å². The third-order valence-electron chi connectivity index (χ3n) is 2.05. The van der Waals surface area contributed by atoms with E-state index in [9.17, 15) is 13.2 Å². The maximum atomic E-state index is 12.4. The van der Waals surface area contributed by atoms with E-state index in [1.54, 1.807) is 20.2 Å². The molecule has 0 radical (unpaired) electrons. The first-order valence-electron chi connectivity index (χ1n) is 4.91. The molecule has 1 aromatic carbocycles. The largest absolute Gasteiger partial charge is 0.416 e. The minimum absolute atomic E-state index is 0.316. The van der Waals surface area contributed by atoms with Gasteiger partial charge < -0.3 is 0 Å². The highest BCUT2D eigenvalue weighted by Gasteiger charge is 2.30. The van der Waals surface area contributed by atoms with Gasteiger partial charge in [0.2, 0.25) is 0 Å². The zero-order valence-corrected chi connectivity index (χ0v) is 9.49. The number of benzene rings is 1. The van der Waals surface area contributed by atoms with Crippen LogP contribution in [0.4, 0.5) is 18.9 Å². The van der Waals surface area contributed by atoms with Crippen LogP contribution in [0.15, 0.2) is 33.4 Å². The Hall–Kier alpha value is -1.72. The molecular formula is C11H12F3N3. The average molecular weight is 243 g/mol. The van der Waals surface area contributed by atoms with Crippen LogP contribution in [0.25, 0.3) is 0 Å². The Morgan fingerprint density at radius 2 is 2.00 bits per heavy atom. The summed E-state index contributed by atoms with van der Waals surface area (Å²) in [5.74, 6) is 0. The van der Waals surface area contributed by atoms with Crippen molar-refractivity contribution in [3.05, 3.63) is 29.3 Å².